The van der Waals surface area contributed by atoms with E-state index in [1.165, 1.54) is 76.8 Å². The molecule has 1 aromatic carbocycles. The Labute approximate surface area is 259 Å². The van der Waals surface area contributed by atoms with Gasteiger partial charge in [-0.05, 0) is 74.8 Å². The molecule has 2 amide bonds. The number of oxazole rings is 1. The summed E-state index contributed by atoms with van der Waals surface area (Å²) in [6.45, 7) is 3.56. The Bertz CT molecular complexity index is 1450. The van der Waals surface area contributed by atoms with E-state index in [2.05, 4.69) is 10.3 Å². The van der Waals surface area contributed by atoms with E-state index in [4.69, 9.17) is 9.15 Å². The number of unbranched alkanes of at least 4 members (excludes halogenated alkanes) is 1. The van der Waals surface area contributed by atoms with Crippen LogP contribution in [0.3, 0.4) is 0 Å². The standard InChI is InChI=1S/C33H44FN3O6S/c1-21(2)44(40,41)37-30(38)16-12-23-11-13-25(34)18-24(23)19-26-28-14-15-29(43-28)31(26)33-36-27(20-42-33)32(39)35-17-7-6-10-22-8-4-3-5-9-22/h11-13,16,18,20-22,26,28-29,31H,3-10,14-15,17,19H2,1-2H3,(H,35,39)(H,37,38)/b16-12+. The number of carbonyl (C=O) groups excluding carboxylic acids is 2. The van der Waals surface area contributed by atoms with Gasteiger partial charge in [0.15, 0.2) is 5.69 Å². The zero-order chi connectivity index (χ0) is 31.3. The Morgan fingerprint density at radius 2 is 1.86 bits per heavy atom. The van der Waals surface area contributed by atoms with E-state index in [1.54, 1.807) is 6.07 Å². The van der Waals surface area contributed by atoms with Gasteiger partial charge in [0.2, 0.25) is 15.9 Å². The zero-order valence-electron chi connectivity index (χ0n) is 25.6. The van der Waals surface area contributed by atoms with Crippen LogP contribution in [0.2, 0.25) is 0 Å². The molecule has 2 saturated heterocycles. The predicted octanol–water partition coefficient (Wildman–Crippen LogP) is 5.67. The molecule has 2 aliphatic heterocycles. The Balaban J connectivity index is 1.22. The van der Waals surface area contributed by atoms with Crippen LogP contribution in [0, 0.1) is 17.7 Å². The lowest BCUT2D eigenvalue weighted by molar-refractivity contribution is -0.114. The lowest BCUT2D eigenvalue weighted by Gasteiger charge is -2.26. The van der Waals surface area contributed by atoms with Crippen molar-refractivity contribution in [3.63, 3.8) is 0 Å². The first kappa shape index (κ1) is 32.3. The highest BCUT2D eigenvalue weighted by molar-refractivity contribution is 7.90. The molecule has 4 unspecified atom stereocenters. The van der Waals surface area contributed by atoms with Crippen LogP contribution in [0.4, 0.5) is 4.39 Å². The van der Waals surface area contributed by atoms with E-state index in [9.17, 15) is 22.4 Å². The molecule has 0 radical (unpaired) electrons. The maximum Gasteiger partial charge on any atom is 0.273 e. The van der Waals surface area contributed by atoms with Crippen molar-refractivity contribution in [2.45, 2.75) is 108 Å². The lowest BCUT2D eigenvalue weighted by Crippen LogP contribution is -2.34. The van der Waals surface area contributed by atoms with Crippen LogP contribution in [-0.2, 0) is 26.0 Å². The molecule has 11 heteroatoms. The lowest BCUT2D eigenvalue weighted by atomic mass is 9.75. The summed E-state index contributed by atoms with van der Waals surface area (Å²) in [5.41, 5.74) is 1.50. The molecule has 1 saturated carbocycles. The number of nitrogens with zero attached hydrogens (tertiary/aromatic N) is 1. The first-order valence-electron chi connectivity index (χ1n) is 16.0. The molecule has 0 spiro atoms. The maximum atomic E-state index is 14.4. The van der Waals surface area contributed by atoms with Crippen LogP contribution in [0.25, 0.3) is 6.08 Å². The van der Waals surface area contributed by atoms with Crippen molar-refractivity contribution in [3.05, 3.63) is 59.1 Å². The molecule has 3 fully saturated rings. The first-order valence-corrected chi connectivity index (χ1v) is 17.6. The number of aromatic nitrogens is 1. The summed E-state index contributed by atoms with van der Waals surface area (Å²) in [5, 5.41) is 2.21. The summed E-state index contributed by atoms with van der Waals surface area (Å²) in [5.74, 6) is -0.451. The second-order valence-corrected chi connectivity index (χ2v) is 15.0. The van der Waals surface area contributed by atoms with Gasteiger partial charge >= 0.3 is 0 Å². The highest BCUT2D eigenvalue weighted by Gasteiger charge is 2.51. The van der Waals surface area contributed by atoms with Crippen LogP contribution in [0.15, 0.2) is 35.0 Å². The Morgan fingerprint density at radius 1 is 1.09 bits per heavy atom. The molecule has 3 aliphatic rings. The van der Waals surface area contributed by atoms with E-state index >= 15 is 0 Å². The van der Waals surface area contributed by atoms with E-state index in [-0.39, 0.29) is 35.6 Å². The Morgan fingerprint density at radius 3 is 2.64 bits per heavy atom. The van der Waals surface area contributed by atoms with Gasteiger partial charge in [-0.1, -0.05) is 51.0 Å². The smallest absolute Gasteiger partial charge is 0.273 e. The number of fused-ring (bicyclic) bond motifs is 2. The SMILES string of the molecule is CC(C)S(=O)(=O)NC(=O)/C=C/c1ccc(F)cc1CC1C2CCC(O2)C1c1nc(C(=O)NCCCCC2CCCCC2)co1. The number of benzene rings is 1. The Hall–Kier alpha value is -3.05. The highest BCUT2D eigenvalue weighted by Crippen LogP contribution is 2.50. The fourth-order valence-electron chi connectivity index (χ4n) is 6.87. The highest BCUT2D eigenvalue weighted by atomic mass is 32.2. The normalized spacial score (nSPS) is 23.9. The molecule has 4 atom stereocenters. The number of amides is 2. The molecule has 2 bridgehead atoms. The van der Waals surface area contributed by atoms with Gasteiger partial charge in [-0.3, -0.25) is 9.59 Å². The number of ether oxygens (including phenoxy) is 1. The van der Waals surface area contributed by atoms with Gasteiger partial charge in [-0.25, -0.2) is 22.5 Å². The number of halogens is 1. The summed E-state index contributed by atoms with van der Waals surface area (Å²) in [6.07, 6.45) is 16.0. The van der Waals surface area contributed by atoms with E-state index in [0.717, 1.165) is 37.7 Å². The van der Waals surface area contributed by atoms with E-state index < -0.39 is 27.0 Å². The molecule has 240 valence electrons. The third-order valence-corrected chi connectivity index (χ3v) is 11.1. The van der Waals surface area contributed by atoms with Crippen molar-refractivity contribution in [2.75, 3.05) is 6.54 Å². The number of sulfonamides is 1. The van der Waals surface area contributed by atoms with Crippen molar-refractivity contribution < 1.29 is 31.6 Å². The van der Waals surface area contributed by atoms with Crippen LogP contribution < -0.4 is 10.0 Å². The molecule has 9 nitrogen and oxygen atoms in total. The molecular weight excluding hydrogens is 585 g/mol. The third kappa shape index (κ3) is 7.96. The molecule has 5 rings (SSSR count). The van der Waals surface area contributed by atoms with Gasteiger partial charge in [0.05, 0.1) is 23.4 Å². The molecule has 1 aliphatic carbocycles. The summed E-state index contributed by atoms with van der Waals surface area (Å²) in [7, 11) is -3.77. The predicted molar refractivity (Wildman–Crippen MR) is 165 cm³/mol. The number of nitrogens with one attached hydrogen (secondary N) is 2. The molecule has 44 heavy (non-hydrogen) atoms. The van der Waals surface area contributed by atoms with Crippen molar-refractivity contribution in [1.29, 1.82) is 0 Å². The quantitative estimate of drug-likeness (QED) is 0.216. The van der Waals surface area contributed by atoms with Gasteiger partial charge in [-0.15, -0.1) is 0 Å². The second kappa shape index (κ2) is 14.4. The van der Waals surface area contributed by atoms with Crippen LogP contribution in [0.1, 0.15) is 111 Å². The molecule has 2 N–H and O–H groups in total. The van der Waals surface area contributed by atoms with Crippen molar-refractivity contribution >= 4 is 27.9 Å². The zero-order valence-corrected chi connectivity index (χ0v) is 26.4. The fourth-order valence-corrected chi connectivity index (χ4v) is 7.46. The minimum Gasteiger partial charge on any atom is -0.448 e. The van der Waals surface area contributed by atoms with Gasteiger partial charge in [0.1, 0.15) is 12.1 Å². The minimum atomic E-state index is -3.77. The Kier molecular flexibility index (Phi) is 10.6. The molecular formula is C33H44FN3O6S. The average Bonchev–Trinajstić information content (AvgIpc) is 3.74. The monoisotopic (exact) mass is 629 g/mol. The summed E-state index contributed by atoms with van der Waals surface area (Å²) >= 11 is 0. The van der Waals surface area contributed by atoms with Crippen LogP contribution in [0.5, 0.6) is 0 Å². The number of carbonyl (C=O) groups is 2. The fraction of sp³-hybridized carbons (Fsp3) is 0.606. The topological polar surface area (TPSA) is 128 Å². The van der Waals surface area contributed by atoms with E-state index in [1.807, 2.05) is 4.72 Å². The third-order valence-electron chi connectivity index (χ3n) is 9.35. The average molecular weight is 630 g/mol. The van der Waals surface area contributed by atoms with Crippen LogP contribution >= 0.6 is 0 Å². The van der Waals surface area contributed by atoms with Gasteiger partial charge in [0.25, 0.3) is 11.8 Å². The largest absolute Gasteiger partial charge is 0.448 e. The number of hydrogen-bond acceptors (Lipinski definition) is 7. The van der Waals surface area contributed by atoms with Gasteiger partial charge in [0, 0.05) is 18.5 Å². The van der Waals surface area contributed by atoms with Gasteiger partial charge in [-0.2, -0.15) is 0 Å². The second-order valence-electron chi connectivity index (χ2n) is 12.7. The molecule has 2 aromatic rings. The number of rotatable bonds is 13. The summed E-state index contributed by atoms with van der Waals surface area (Å²) in [4.78, 5) is 29.7. The molecule has 1 aromatic heterocycles. The van der Waals surface area contributed by atoms with E-state index in [0.29, 0.717) is 30.0 Å². The first-order chi connectivity index (χ1) is 21.1. The number of hydrogen-bond donors (Lipinski definition) is 2. The van der Waals surface area contributed by atoms with Gasteiger partial charge < -0.3 is 14.5 Å². The minimum absolute atomic E-state index is 0.0714. The van der Waals surface area contributed by atoms with Crippen molar-refractivity contribution in [3.8, 4) is 0 Å². The molecule has 3 heterocycles. The van der Waals surface area contributed by atoms with Crippen molar-refractivity contribution in [1.82, 2.24) is 15.0 Å². The summed E-state index contributed by atoms with van der Waals surface area (Å²) < 4.78 is 52.6. The maximum absolute atomic E-state index is 14.4. The van der Waals surface area contributed by atoms with Crippen molar-refractivity contribution in [2.24, 2.45) is 11.8 Å². The summed E-state index contributed by atoms with van der Waals surface area (Å²) in [6, 6.07) is 4.29. The van der Waals surface area contributed by atoms with Crippen LogP contribution in [-0.4, -0.2) is 49.2 Å².